The molecule has 1 amide bonds. The van der Waals surface area contributed by atoms with E-state index in [-0.39, 0.29) is 31.4 Å². The molecule has 1 aromatic carbocycles. The zero-order chi connectivity index (χ0) is 26.4. The second kappa shape index (κ2) is 12.2. The van der Waals surface area contributed by atoms with Crippen LogP contribution in [0.2, 0.25) is 0 Å². The Kier molecular flexibility index (Phi) is 8.78. The standard InChI is InChI=1S/C26H33N3O8/c1-3-34-25(32)17-35-21-6-4-19(5-7-21)22(30)14-29-13-12-28(16-24(29)31)20-8-10-27(11-9-20)15-23-18(2)36-26(33)37-23/h4-7,20H,3,8-17H2,1-2H3. The molecular formula is C26H33N3O8. The minimum absolute atomic E-state index is 0.0312. The average molecular weight is 516 g/mol. The molecule has 2 aromatic rings. The Morgan fingerprint density at radius 2 is 1.76 bits per heavy atom. The first-order chi connectivity index (χ1) is 17.8. The van der Waals surface area contributed by atoms with E-state index in [1.165, 1.54) is 0 Å². The fraction of sp³-hybridized carbons (Fsp3) is 0.538. The molecule has 37 heavy (non-hydrogen) atoms. The van der Waals surface area contributed by atoms with Crippen LogP contribution in [-0.4, -0.2) is 90.9 Å². The van der Waals surface area contributed by atoms with Crippen LogP contribution >= 0.6 is 0 Å². The number of nitrogens with zero attached hydrogens (tertiary/aromatic N) is 3. The third kappa shape index (κ3) is 7.07. The smallest absolute Gasteiger partial charge is 0.482 e. The molecule has 4 rings (SSSR count). The summed E-state index contributed by atoms with van der Waals surface area (Å²) in [5.74, 6) is 0.224. The third-order valence-electron chi connectivity index (χ3n) is 6.80. The Balaban J connectivity index is 1.21. The molecular weight excluding hydrogens is 482 g/mol. The van der Waals surface area contributed by atoms with Gasteiger partial charge in [-0.05, 0) is 51.0 Å². The normalized spacial score (nSPS) is 17.7. The average Bonchev–Trinajstić information content (AvgIpc) is 3.21. The summed E-state index contributed by atoms with van der Waals surface area (Å²) in [5.41, 5.74) is 0.481. The number of likely N-dealkylation sites (tertiary alicyclic amines) is 1. The number of carbonyl (C=O) groups excluding carboxylic acids is 3. The first-order valence-electron chi connectivity index (χ1n) is 12.6. The second-order valence-corrected chi connectivity index (χ2v) is 9.27. The number of hydrogen-bond donors (Lipinski definition) is 0. The number of piperidine rings is 1. The monoisotopic (exact) mass is 515 g/mol. The van der Waals surface area contributed by atoms with Crippen molar-refractivity contribution < 1.29 is 32.7 Å². The lowest BCUT2D eigenvalue weighted by atomic mass is 10.0. The Labute approximate surface area is 214 Å². The molecule has 0 N–H and O–H groups in total. The predicted molar refractivity (Wildman–Crippen MR) is 131 cm³/mol. The maximum atomic E-state index is 12.8. The summed E-state index contributed by atoms with van der Waals surface area (Å²) in [6.07, 6.45) is 1.83. The van der Waals surface area contributed by atoms with Gasteiger partial charge in [0.25, 0.3) is 0 Å². The van der Waals surface area contributed by atoms with Gasteiger partial charge >= 0.3 is 11.8 Å². The van der Waals surface area contributed by atoms with Crippen LogP contribution in [0.3, 0.4) is 0 Å². The molecule has 0 atom stereocenters. The molecule has 0 saturated carbocycles. The van der Waals surface area contributed by atoms with Gasteiger partial charge in [0.1, 0.15) is 11.5 Å². The Bertz CT molecular complexity index is 1150. The number of esters is 1. The SMILES string of the molecule is CCOC(=O)COc1ccc(C(=O)CN2CCN(C3CCN(Cc4oc(=O)oc4C)CC3)CC2=O)cc1. The molecule has 3 heterocycles. The summed E-state index contributed by atoms with van der Waals surface area (Å²) in [6, 6.07) is 6.82. The van der Waals surface area contributed by atoms with Crippen molar-refractivity contribution in [3.05, 3.63) is 52.0 Å². The van der Waals surface area contributed by atoms with E-state index in [2.05, 4.69) is 9.80 Å². The molecule has 11 nitrogen and oxygen atoms in total. The summed E-state index contributed by atoms with van der Waals surface area (Å²) in [6.45, 7) is 7.32. The van der Waals surface area contributed by atoms with Crippen molar-refractivity contribution in [3.8, 4) is 5.75 Å². The quantitative estimate of drug-likeness (QED) is 0.340. The number of ether oxygens (including phenoxy) is 2. The topological polar surface area (TPSA) is 123 Å². The maximum absolute atomic E-state index is 12.8. The van der Waals surface area contributed by atoms with Crippen LogP contribution in [0, 0.1) is 6.92 Å². The zero-order valence-electron chi connectivity index (χ0n) is 21.3. The van der Waals surface area contributed by atoms with Crippen LogP contribution in [-0.2, 0) is 20.9 Å². The number of rotatable bonds is 10. The molecule has 0 aliphatic carbocycles. The van der Waals surface area contributed by atoms with Crippen molar-refractivity contribution in [3.63, 3.8) is 0 Å². The number of piperazine rings is 1. The fourth-order valence-electron chi connectivity index (χ4n) is 4.72. The van der Waals surface area contributed by atoms with Crippen molar-refractivity contribution in [2.24, 2.45) is 0 Å². The zero-order valence-corrected chi connectivity index (χ0v) is 21.3. The van der Waals surface area contributed by atoms with Gasteiger partial charge in [0, 0.05) is 37.8 Å². The largest absolute Gasteiger partial charge is 0.519 e. The van der Waals surface area contributed by atoms with Crippen molar-refractivity contribution in [2.75, 3.05) is 52.5 Å². The van der Waals surface area contributed by atoms with Crippen LogP contribution in [0.1, 0.15) is 41.6 Å². The Morgan fingerprint density at radius 1 is 1.03 bits per heavy atom. The number of carbonyl (C=O) groups is 3. The number of hydrogen-bond acceptors (Lipinski definition) is 10. The Hall–Kier alpha value is -3.44. The molecule has 200 valence electrons. The number of benzene rings is 1. The van der Waals surface area contributed by atoms with E-state index in [4.69, 9.17) is 18.3 Å². The highest BCUT2D eigenvalue weighted by Crippen LogP contribution is 2.21. The van der Waals surface area contributed by atoms with E-state index in [0.29, 0.717) is 48.5 Å². The highest BCUT2D eigenvalue weighted by molar-refractivity contribution is 5.99. The molecule has 2 saturated heterocycles. The summed E-state index contributed by atoms with van der Waals surface area (Å²) in [7, 11) is 0. The second-order valence-electron chi connectivity index (χ2n) is 9.27. The van der Waals surface area contributed by atoms with Crippen molar-refractivity contribution >= 4 is 17.7 Å². The van der Waals surface area contributed by atoms with Gasteiger partial charge in [-0.3, -0.25) is 19.4 Å². The molecule has 2 aliphatic rings. The number of Topliss-reactive ketones (excluding diaryl/α,β-unsaturated/α-hetero) is 1. The van der Waals surface area contributed by atoms with E-state index in [1.54, 1.807) is 43.0 Å². The van der Waals surface area contributed by atoms with Gasteiger partial charge < -0.3 is 23.2 Å². The Morgan fingerprint density at radius 3 is 2.38 bits per heavy atom. The van der Waals surface area contributed by atoms with Crippen molar-refractivity contribution in [1.29, 1.82) is 0 Å². The minimum Gasteiger partial charge on any atom is -0.482 e. The first kappa shape index (κ1) is 26.6. The molecule has 11 heteroatoms. The summed E-state index contributed by atoms with van der Waals surface area (Å²) in [5, 5.41) is 0. The van der Waals surface area contributed by atoms with Crippen LogP contribution in [0.15, 0.2) is 37.9 Å². The molecule has 0 unspecified atom stereocenters. The van der Waals surface area contributed by atoms with E-state index in [9.17, 15) is 19.2 Å². The molecule has 1 aromatic heterocycles. The van der Waals surface area contributed by atoms with Gasteiger partial charge in [0.05, 0.1) is 26.2 Å². The van der Waals surface area contributed by atoms with Gasteiger partial charge in [-0.15, -0.1) is 0 Å². The minimum atomic E-state index is -0.672. The van der Waals surface area contributed by atoms with Crippen molar-refractivity contribution in [1.82, 2.24) is 14.7 Å². The molecule has 0 bridgehead atoms. The van der Waals surface area contributed by atoms with Gasteiger partial charge in [0.2, 0.25) is 5.91 Å². The van der Waals surface area contributed by atoms with E-state index in [1.807, 2.05) is 0 Å². The van der Waals surface area contributed by atoms with E-state index < -0.39 is 11.8 Å². The van der Waals surface area contributed by atoms with Crippen LogP contribution < -0.4 is 10.6 Å². The molecule has 0 spiro atoms. The van der Waals surface area contributed by atoms with Crippen molar-refractivity contribution in [2.45, 2.75) is 39.3 Å². The fourth-order valence-corrected chi connectivity index (χ4v) is 4.72. The highest BCUT2D eigenvalue weighted by atomic mass is 16.6. The number of ketones is 1. The highest BCUT2D eigenvalue weighted by Gasteiger charge is 2.32. The lowest BCUT2D eigenvalue weighted by Gasteiger charge is -2.42. The van der Waals surface area contributed by atoms with Gasteiger partial charge in [0.15, 0.2) is 18.2 Å². The summed E-state index contributed by atoms with van der Waals surface area (Å²) < 4.78 is 20.2. The van der Waals surface area contributed by atoms with Crippen LogP contribution in [0.25, 0.3) is 0 Å². The number of amides is 1. The first-order valence-corrected chi connectivity index (χ1v) is 12.6. The molecule has 2 aliphatic heterocycles. The molecule has 2 fully saturated rings. The van der Waals surface area contributed by atoms with E-state index in [0.717, 1.165) is 32.5 Å². The predicted octanol–water partition coefficient (Wildman–Crippen LogP) is 1.47. The summed E-state index contributed by atoms with van der Waals surface area (Å²) in [4.78, 5) is 54.3. The van der Waals surface area contributed by atoms with Gasteiger partial charge in [-0.25, -0.2) is 9.59 Å². The lowest BCUT2D eigenvalue weighted by Crippen LogP contribution is -2.56. The van der Waals surface area contributed by atoms with Gasteiger partial charge in [-0.2, -0.15) is 0 Å². The van der Waals surface area contributed by atoms with Gasteiger partial charge in [-0.1, -0.05) is 0 Å². The number of aryl methyl sites for hydroxylation is 1. The lowest BCUT2D eigenvalue weighted by molar-refractivity contribution is -0.145. The third-order valence-corrected chi connectivity index (χ3v) is 6.80. The molecule has 0 radical (unpaired) electrons. The van der Waals surface area contributed by atoms with E-state index >= 15 is 0 Å². The van der Waals surface area contributed by atoms with Crippen LogP contribution in [0.5, 0.6) is 5.75 Å². The maximum Gasteiger partial charge on any atom is 0.519 e. The summed E-state index contributed by atoms with van der Waals surface area (Å²) >= 11 is 0. The van der Waals surface area contributed by atoms with Crippen LogP contribution in [0.4, 0.5) is 0 Å².